The summed E-state index contributed by atoms with van der Waals surface area (Å²) in [5, 5.41) is 0. The zero-order valence-electron chi connectivity index (χ0n) is 41.2. The van der Waals surface area contributed by atoms with Gasteiger partial charge in [0.05, 0.1) is 0 Å². The van der Waals surface area contributed by atoms with E-state index >= 15 is 0 Å². The average molecular weight is 861 g/mol. The predicted octanol–water partition coefficient (Wildman–Crippen LogP) is 17.8. The molecular formula is C55H104O6. The molecule has 0 unspecified atom stereocenters. The van der Waals surface area contributed by atoms with Gasteiger partial charge < -0.3 is 14.2 Å². The smallest absolute Gasteiger partial charge is 0.306 e. The van der Waals surface area contributed by atoms with E-state index in [0.29, 0.717) is 19.3 Å². The van der Waals surface area contributed by atoms with Crippen LogP contribution in [0.15, 0.2) is 12.2 Å². The lowest BCUT2D eigenvalue weighted by Gasteiger charge is -2.18. The van der Waals surface area contributed by atoms with E-state index in [9.17, 15) is 14.4 Å². The molecule has 0 spiro atoms. The molecule has 0 aromatic heterocycles. The lowest BCUT2D eigenvalue weighted by Crippen LogP contribution is -2.30. The minimum Gasteiger partial charge on any atom is -0.462 e. The van der Waals surface area contributed by atoms with E-state index in [4.69, 9.17) is 14.2 Å². The molecule has 0 heterocycles. The van der Waals surface area contributed by atoms with Crippen LogP contribution in [-0.2, 0) is 28.6 Å². The number of rotatable bonds is 50. The fourth-order valence-electron chi connectivity index (χ4n) is 8.14. The van der Waals surface area contributed by atoms with Gasteiger partial charge in [-0.05, 0) is 44.9 Å². The van der Waals surface area contributed by atoms with E-state index in [2.05, 4.69) is 32.9 Å². The Morgan fingerprint density at radius 3 is 0.820 bits per heavy atom. The lowest BCUT2D eigenvalue weighted by atomic mass is 10.0. The summed E-state index contributed by atoms with van der Waals surface area (Å²) in [6, 6.07) is 0. The first kappa shape index (κ1) is 59.1. The summed E-state index contributed by atoms with van der Waals surface area (Å²) in [5.41, 5.74) is 0. The van der Waals surface area contributed by atoms with Crippen LogP contribution in [0.4, 0.5) is 0 Å². The van der Waals surface area contributed by atoms with E-state index in [1.165, 1.54) is 205 Å². The van der Waals surface area contributed by atoms with Crippen molar-refractivity contribution >= 4 is 17.9 Å². The van der Waals surface area contributed by atoms with Crippen LogP contribution in [0.25, 0.3) is 0 Å². The van der Waals surface area contributed by atoms with E-state index in [1.54, 1.807) is 0 Å². The molecule has 1 atom stereocenters. The SMILES string of the molecule is CCCCCCCC/C=C\CCCCCCCCCC(=O)OC[C@@H](COC(=O)CCCCCCCCCCC)OC(=O)CCCCCCCCCCCCCCCCCCC. The highest BCUT2D eigenvalue weighted by molar-refractivity contribution is 5.71. The van der Waals surface area contributed by atoms with Crippen molar-refractivity contribution in [3.05, 3.63) is 12.2 Å². The van der Waals surface area contributed by atoms with Gasteiger partial charge in [-0.2, -0.15) is 0 Å². The fraction of sp³-hybridized carbons (Fsp3) is 0.909. The van der Waals surface area contributed by atoms with Gasteiger partial charge in [0.1, 0.15) is 13.2 Å². The van der Waals surface area contributed by atoms with Crippen molar-refractivity contribution in [1.82, 2.24) is 0 Å². The molecular weight excluding hydrogens is 757 g/mol. The van der Waals surface area contributed by atoms with Crippen LogP contribution in [0.3, 0.4) is 0 Å². The average Bonchev–Trinajstić information content (AvgIpc) is 3.26. The molecule has 0 bridgehead atoms. The van der Waals surface area contributed by atoms with E-state index in [1.807, 2.05) is 0 Å². The third kappa shape index (κ3) is 49.0. The second-order valence-electron chi connectivity index (χ2n) is 18.5. The Hall–Kier alpha value is -1.85. The minimum atomic E-state index is -0.764. The summed E-state index contributed by atoms with van der Waals surface area (Å²) in [5.74, 6) is -0.854. The Labute approximate surface area is 380 Å². The minimum absolute atomic E-state index is 0.0662. The Balaban J connectivity index is 4.26. The summed E-state index contributed by atoms with van der Waals surface area (Å²) >= 11 is 0. The first-order valence-electron chi connectivity index (χ1n) is 27.2. The molecule has 0 fully saturated rings. The van der Waals surface area contributed by atoms with Crippen molar-refractivity contribution in [3.8, 4) is 0 Å². The summed E-state index contributed by atoms with van der Waals surface area (Å²) in [6.45, 7) is 6.66. The zero-order valence-corrected chi connectivity index (χ0v) is 41.2. The van der Waals surface area contributed by atoms with Crippen LogP contribution in [-0.4, -0.2) is 37.2 Å². The van der Waals surface area contributed by atoms with Crippen molar-refractivity contribution in [3.63, 3.8) is 0 Å². The van der Waals surface area contributed by atoms with Crippen molar-refractivity contribution in [2.45, 2.75) is 309 Å². The number of esters is 3. The van der Waals surface area contributed by atoms with Gasteiger partial charge in [-0.3, -0.25) is 14.4 Å². The highest BCUT2D eigenvalue weighted by Gasteiger charge is 2.19. The van der Waals surface area contributed by atoms with Gasteiger partial charge in [-0.15, -0.1) is 0 Å². The predicted molar refractivity (Wildman–Crippen MR) is 261 cm³/mol. The van der Waals surface area contributed by atoms with Crippen molar-refractivity contribution in [2.24, 2.45) is 0 Å². The van der Waals surface area contributed by atoms with Gasteiger partial charge >= 0.3 is 17.9 Å². The van der Waals surface area contributed by atoms with E-state index in [0.717, 1.165) is 57.8 Å². The molecule has 6 nitrogen and oxygen atoms in total. The van der Waals surface area contributed by atoms with Gasteiger partial charge in [0.25, 0.3) is 0 Å². The Morgan fingerprint density at radius 2 is 0.541 bits per heavy atom. The summed E-state index contributed by atoms with van der Waals surface area (Å²) in [7, 11) is 0. The summed E-state index contributed by atoms with van der Waals surface area (Å²) in [6.07, 6.45) is 56.3. The van der Waals surface area contributed by atoms with Gasteiger partial charge in [0, 0.05) is 19.3 Å². The molecule has 0 saturated carbocycles. The molecule has 0 amide bonds. The number of allylic oxidation sites excluding steroid dienone is 2. The maximum atomic E-state index is 12.8. The van der Waals surface area contributed by atoms with Gasteiger partial charge in [0.2, 0.25) is 0 Å². The molecule has 0 saturated heterocycles. The summed E-state index contributed by atoms with van der Waals surface area (Å²) < 4.78 is 16.8. The Bertz CT molecular complexity index is 947. The Kier molecular flexibility index (Phi) is 49.3. The van der Waals surface area contributed by atoms with Crippen LogP contribution >= 0.6 is 0 Å². The van der Waals surface area contributed by atoms with Gasteiger partial charge in [-0.1, -0.05) is 251 Å². The zero-order chi connectivity index (χ0) is 44.4. The number of hydrogen-bond acceptors (Lipinski definition) is 6. The molecule has 360 valence electrons. The lowest BCUT2D eigenvalue weighted by molar-refractivity contribution is -0.167. The third-order valence-electron chi connectivity index (χ3n) is 12.3. The third-order valence-corrected chi connectivity index (χ3v) is 12.3. The van der Waals surface area contributed by atoms with Crippen LogP contribution in [0.5, 0.6) is 0 Å². The number of carbonyl (C=O) groups excluding carboxylic acids is 3. The number of hydrogen-bond donors (Lipinski definition) is 0. The second kappa shape index (κ2) is 50.8. The summed E-state index contributed by atoms with van der Waals surface area (Å²) in [4.78, 5) is 37.9. The largest absolute Gasteiger partial charge is 0.462 e. The molecule has 0 aliphatic carbocycles. The first-order chi connectivity index (χ1) is 30.0. The number of ether oxygens (including phenoxy) is 3. The molecule has 61 heavy (non-hydrogen) atoms. The van der Waals surface area contributed by atoms with E-state index in [-0.39, 0.29) is 31.1 Å². The quantitative estimate of drug-likeness (QED) is 0.0262. The fourth-order valence-corrected chi connectivity index (χ4v) is 8.14. The van der Waals surface area contributed by atoms with Crippen LogP contribution in [0.1, 0.15) is 303 Å². The molecule has 0 radical (unpaired) electrons. The van der Waals surface area contributed by atoms with Crippen LogP contribution in [0, 0.1) is 0 Å². The second-order valence-corrected chi connectivity index (χ2v) is 18.5. The van der Waals surface area contributed by atoms with Gasteiger partial charge in [0.15, 0.2) is 6.10 Å². The van der Waals surface area contributed by atoms with Crippen molar-refractivity contribution in [1.29, 1.82) is 0 Å². The monoisotopic (exact) mass is 861 g/mol. The van der Waals surface area contributed by atoms with E-state index < -0.39 is 6.10 Å². The van der Waals surface area contributed by atoms with Crippen molar-refractivity contribution in [2.75, 3.05) is 13.2 Å². The standard InChI is InChI=1S/C55H104O6/c1-4-7-10-13-16-19-21-23-25-27-29-31-33-36-39-42-45-48-54(57)60-51-52(50-59-53(56)47-44-41-38-35-18-15-12-9-6-3)61-55(58)49-46-43-40-37-34-32-30-28-26-24-22-20-17-14-11-8-5-2/h23,25,52H,4-22,24,26-51H2,1-3H3/b25-23-/t52-/m1/s1. The number of carbonyl (C=O) groups is 3. The highest BCUT2D eigenvalue weighted by atomic mass is 16.6. The highest BCUT2D eigenvalue weighted by Crippen LogP contribution is 2.16. The normalized spacial score (nSPS) is 12.0. The van der Waals surface area contributed by atoms with Crippen molar-refractivity contribution < 1.29 is 28.6 Å². The van der Waals surface area contributed by atoms with Crippen LogP contribution < -0.4 is 0 Å². The maximum Gasteiger partial charge on any atom is 0.306 e. The molecule has 6 heteroatoms. The Morgan fingerprint density at radius 1 is 0.311 bits per heavy atom. The molecule has 0 aromatic carbocycles. The topological polar surface area (TPSA) is 78.9 Å². The molecule has 0 aromatic rings. The number of unbranched alkanes of at least 4 members (excludes halogenated alkanes) is 37. The van der Waals surface area contributed by atoms with Crippen LogP contribution in [0.2, 0.25) is 0 Å². The molecule has 0 aliphatic heterocycles. The molecule has 0 rings (SSSR count). The maximum absolute atomic E-state index is 12.8. The first-order valence-corrected chi connectivity index (χ1v) is 27.2. The van der Waals surface area contributed by atoms with Gasteiger partial charge in [-0.25, -0.2) is 0 Å². The molecule has 0 aliphatic rings. The molecule has 0 N–H and O–H groups in total.